The van der Waals surface area contributed by atoms with Crippen LogP contribution in [0.4, 0.5) is 4.79 Å². The van der Waals surface area contributed by atoms with Gasteiger partial charge < -0.3 is 5.32 Å². The van der Waals surface area contributed by atoms with E-state index in [4.69, 9.17) is 11.6 Å². The number of nitrogens with one attached hydrogen (secondary N) is 2. The number of amides is 3. The second-order valence-corrected chi connectivity index (χ2v) is 2.30. The largest absolute Gasteiger partial charge is 0.341 e. The number of carbonyl (C=O) groups excluding carboxylic acids is 2. The molecule has 0 saturated heterocycles. The molecule has 0 bridgehead atoms. The van der Waals surface area contributed by atoms with Crippen LogP contribution >= 0.6 is 11.6 Å². The van der Waals surface area contributed by atoms with Crippen molar-refractivity contribution in [2.75, 3.05) is 12.9 Å². The number of imide groups is 1. The Balaban J connectivity index is 3.44. The van der Waals surface area contributed by atoms with Crippen molar-refractivity contribution in [1.82, 2.24) is 10.6 Å². The first-order chi connectivity index (χ1) is 5.20. The Morgan fingerprint density at radius 2 is 2.09 bits per heavy atom. The van der Waals surface area contributed by atoms with Gasteiger partial charge in [0.05, 0.1) is 0 Å². The molecule has 0 saturated carbocycles. The van der Waals surface area contributed by atoms with Crippen molar-refractivity contribution in [3.05, 3.63) is 0 Å². The Labute approximate surface area is 70.3 Å². The maximum Gasteiger partial charge on any atom is 0.321 e. The van der Waals surface area contributed by atoms with Crippen molar-refractivity contribution in [1.29, 1.82) is 0 Å². The van der Waals surface area contributed by atoms with Crippen LogP contribution in [0, 0.1) is 0 Å². The Morgan fingerprint density at radius 1 is 1.45 bits per heavy atom. The minimum absolute atomic E-state index is 0.289. The number of halogens is 1. The van der Waals surface area contributed by atoms with E-state index in [-0.39, 0.29) is 12.3 Å². The third kappa shape index (κ3) is 5.66. The lowest BCUT2D eigenvalue weighted by atomic mass is 10.3. The van der Waals surface area contributed by atoms with Gasteiger partial charge in [0.1, 0.15) is 0 Å². The molecule has 0 aromatic carbocycles. The van der Waals surface area contributed by atoms with Crippen LogP contribution in [0.1, 0.15) is 12.8 Å². The summed E-state index contributed by atoms with van der Waals surface area (Å²) < 4.78 is 0. The molecule has 2 N–H and O–H groups in total. The molecule has 0 aliphatic rings. The summed E-state index contributed by atoms with van der Waals surface area (Å²) in [6, 6.07) is -0.482. The summed E-state index contributed by atoms with van der Waals surface area (Å²) >= 11 is 5.34. The predicted octanol–water partition coefficient (Wildman–Crippen LogP) is 0.461. The van der Waals surface area contributed by atoms with Crippen LogP contribution < -0.4 is 10.6 Å². The maximum atomic E-state index is 10.7. The molecule has 0 fully saturated rings. The van der Waals surface area contributed by atoms with Crippen molar-refractivity contribution >= 4 is 23.5 Å². The number of alkyl halides is 1. The summed E-state index contributed by atoms with van der Waals surface area (Å²) in [5.74, 6) is 0.131. The lowest BCUT2D eigenvalue weighted by molar-refractivity contribution is -0.120. The first-order valence-electron chi connectivity index (χ1n) is 3.28. The van der Waals surface area contributed by atoms with E-state index in [1.807, 2.05) is 0 Å². The lowest BCUT2D eigenvalue weighted by Gasteiger charge is -2.00. The van der Waals surface area contributed by atoms with E-state index in [2.05, 4.69) is 10.6 Å². The van der Waals surface area contributed by atoms with E-state index < -0.39 is 6.03 Å². The molecule has 0 spiro atoms. The average molecular weight is 179 g/mol. The zero-order valence-electron chi connectivity index (χ0n) is 6.32. The average Bonchev–Trinajstić information content (AvgIpc) is 2.00. The van der Waals surface area contributed by atoms with Crippen molar-refractivity contribution in [3.8, 4) is 0 Å². The molecule has 0 aromatic heterocycles. The molecule has 11 heavy (non-hydrogen) atoms. The lowest BCUT2D eigenvalue weighted by Crippen LogP contribution is -2.37. The van der Waals surface area contributed by atoms with E-state index in [9.17, 15) is 9.59 Å². The minimum Gasteiger partial charge on any atom is -0.341 e. The molecule has 5 heteroatoms. The minimum atomic E-state index is -0.482. The second kappa shape index (κ2) is 5.97. The summed E-state index contributed by atoms with van der Waals surface area (Å²) in [5.41, 5.74) is 0. The summed E-state index contributed by atoms with van der Waals surface area (Å²) in [7, 11) is 1.45. The molecule has 0 aromatic rings. The van der Waals surface area contributed by atoms with Gasteiger partial charge in [0.15, 0.2) is 0 Å². The van der Waals surface area contributed by atoms with Crippen LogP contribution in [-0.4, -0.2) is 24.9 Å². The second-order valence-electron chi connectivity index (χ2n) is 1.92. The van der Waals surface area contributed by atoms with Gasteiger partial charge in [-0.3, -0.25) is 10.1 Å². The highest BCUT2D eigenvalue weighted by atomic mass is 35.5. The standard InChI is InChI=1S/C6H11ClN2O2/c1-8-6(11)9-5(10)3-2-4-7/h2-4H2,1H3,(H2,8,9,10,11). The number of urea groups is 1. The Kier molecular flexibility index (Phi) is 5.56. The molecule has 3 amide bonds. The van der Waals surface area contributed by atoms with E-state index in [0.29, 0.717) is 12.3 Å². The monoisotopic (exact) mass is 178 g/mol. The van der Waals surface area contributed by atoms with Gasteiger partial charge in [0.2, 0.25) is 5.91 Å². The smallest absolute Gasteiger partial charge is 0.321 e. The van der Waals surface area contributed by atoms with E-state index >= 15 is 0 Å². The number of rotatable bonds is 3. The fourth-order valence-electron chi connectivity index (χ4n) is 0.479. The van der Waals surface area contributed by atoms with Gasteiger partial charge in [-0.2, -0.15) is 0 Å². The van der Waals surface area contributed by atoms with Crippen LogP contribution in [0.25, 0.3) is 0 Å². The van der Waals surface area contributed by atoms with E-state index in [0.717, 1.165) is 0 Å². The van der Waals surface area contributed by atoms with Gasteiger partial charge in [-0.15, -0.1) is 11.6 Å². The van der Waals surface area contributed by atoms with Gasteiger partial charge in [-0.1, -0.05) is 0 Å². The summed E-state index contributed by atoms with van der Waals surface area (Å²) in [6.07, 6.45) is 0.876. The highest BCUT2D eigenvalue weighted by molar-refractivity contribution is 6.17. The third-order valence-electron chi connectivity index (χ3n) is 1.02. The molecule has 0 heterocycles. The van der Waals surface area contributed by atoms with Gasteiger partial charge >= 0.3 is 6.03 Å². The Morgan fingerprint density at radius 3 is 2.55 bits per heavy atom. The first kappa shape index (κ1) is 10.2. The van der Waals surface area contributed by atoms with E-state index in [1.54, 1.807) is 0 Å². The molecular weight excluding hydrogens is 168 g/mol. The highest BCUT2D eigenvalue weighted by Gasteiger charge is 2.03. The topological polar surface area (TPSA) is 58.2 Å². The maximum absolute atomic E-state index is 10.7. The van der Waals surface area contributed by atoms with Crippen molar-refractivity contribution < 1.29 is 9.59 Å². The Bertz CT molecular complexity index is 150. The molecule has 0 rings (SSSR count). The van der Waals surface area contributed by atoms with Crippen molar-refractivity contribution in [2.45, 2.75) is 12.8 Å². The molecule has 0 aliphatic carbocycles. The summed E-state index contributed by atoms with van der Waals surface area (Å²) in [5, 5.41) is 4.39. The van der Waals surface area contributed by atoms with Crippen LogP contribution in [-0.2, 0) is 4.79 Å². The van der Waals surface area contributed by atoms with Crippen LogP contribution in [0.5, 0.6) is 0 Å². The van der Waals surface area contributed by atoms with Gasteiger partial charge in [-0.25, -0.2) is 4.79 Å². The van der Waals surface area contributed by atoms with Crippen molar-refractivity contribution in [2.24, 2.45) is 0 Å². The zero-order chi connectivity index (χ0) is 8.69. The Hall–Kier alpha value is -0.770. The number of hydrogen-bond acceptors (Lipinski definition) is 2. The molecule has 64 valence electrons. The number of carbonyl (C=O) groups is 2. The third-order valence-corrected chi connectivity index (χ3v) is 1.28. The SMILES string of the molecule is CNC(=O)NC(=O)CCCCl. The predicted molar refractivity (Wildman–Crippen MR) is 42.6 cm³/mol. The summed E-state index contributed by atoms with van der Waals surface area (Å²) in [4.78, 5) is 21.2. The van der Waals surface area contributed by atoms with Crippen LogP contribution in [0.2, 0.25) is 0 Å². The van der Waals surface area contributed by atoms with Crippen LogP contribution in [0.3, 0.4) is 0 Å². The van der Waals surface area contributed by atoms with Crippen LogP contribution in [0.15, 0.2) is 0 Å². The highest BCUT2D eigenvalue weighted by Crippen LogP contribution is 1.90. The molecule has 0 atom stereocenters. The first-order valence-corrected chi connectivity index (χ1v) is 3.81. The summed E-state index contributed by atoms with van der Waals surface area (Å²) in [6.45, 7) is 0. The fraction of sp³-hybridized carbons (Fsp3) is 0.667. The normalized spacial score (nSPS) is 8.91. The van der Waals surface area contributed by atoms with E-state index in [1.165, 1.54) is 7.05 Å². The quantitative estimate of drug-likeness (QED) is 0.617. The molecule has 0 aliphatic heterocycles. The number of hydrogen-bond donors (Lipinski definition) is 2. The van der Waals surface area contributed by atoms with Crippen molar-refractivity contribution in [3.63, 3.8) is 0 Å². The van der Waals surface area contributed by atoms with Gasteiger partial charge in [-0.05, 0) is 6.42 Å². The fourth-order valence-corrected chi connectivity index (χ4v) is 0.613. The molecule has 4 nitrogen and oxygen atoms in total. The molecule has 0 unspecified atom stereocenters. The van der Waals surface area contributed by atoms with Gasteiger partial charge in [0.25, 0.3) is 0 Å². The molecule has 0 radical (unpaired) electrons. The van der Waals surface area contributed by atoms with Gasteiger partial charge in [0, 0.05) is 19.3 Å². The zero-order valence-corrected chi connectivity index (χ0v) is 7.07. The molecular formula is C6H11ClN2O2.